The molecule has 1 unspecified atom stereocenters. The van der Waals surface area contributed by atoms with Gasteiger partial charge in [0.05, 0.1) is 12.5 Å². The minimum absolute atomic E-state index is 0.0935. The van der Waals surface area contributed by atoms with Crippen LogP contribution in [0.15, 0.2) is 0 Å². The maximum atomic E-state index is 11.4. The van der Waals surface area contributed by atoms with Crippen molar-refractivity contribution in [2.24, 2.45) is 11.7 Å². The Bertz CT molecular complexity index is 263. The largest absolute Gasteiger partial charge is 0.380 e. The molecule has 6 nitrogen and oxygen atoms in total. The molecule has 1 aliphatic rings. The van der Waals surface area contributed by atoms with Crippen LogP contribution in [0.1, 0.15) is 19.3 Å². The van der Waals surface area contributed by atoms with E-state index in [0.717, 1.165) is 12.8 Å². The zero-order chi connectivity index (χ0) is 12.7. The lowest BCUT2D eigenvalue weighted by Gasteiger charge is -2.12. The number of methoxy groups -OCH3 is 1. The first-order valence-corrected chi connectivity index (χ1v) is 5.94. The monoisotopic (exact) mass is 243 g/mol. The Labute approximate surface area is 101 Å². The zero-order valence-corrected chi connectivity index (χ0v) is 10.2. The van der Waals surface area contributed by atoms with Crippen molar-refractivity contribution in [3.63, 3.8) is 0 Å². The molecule has 0 spiro atoms. The van der Waals surface area contributed by atoms with Crippen molar-refractivity contribution < 1.29 is 14.3 Å². The molecule has 0 aliphatic heterocycles. The summed E-state index contributed by atoms with van der Waals surface area (Å²) in [6, 6.07) is 0. The molecular formula is C11H21N3O3. The Balaban J connectivity index is 2.01. The number of carbonyl (C=O) groups is 2. The van der Waals surface area contributed by atoms with Crippen LogP contribution >= 0.6 is 0 Å². The topological polar surface area (TPSA) is 93.4 Å². The van der Waals surface area contributed by atoms with Crippen LogP contribution in [0.5, 0.6) is 0 Å². The standard InChI is InChI=1S/C11H21N3O3/c1-17-9(7-12)6-10(15)13-4-5-14-11(16)8-2-3-8/h8-9H,2-7,12H2,1H3,(H,13,15)(H,14,16). The zero-order valence-electron chi connectivity index (χ0n) is 10.2. The third-order valence-electron chi connectivity index (χ3n) is 2.70. The molecule has 1 atom stereocenters. The first-order valence-electron chi connectivity index (χ1n) is 5.94. The fourth-order valence-corrected chi connectivity index (χ4v) is 1.42. The van der Waals surface area contributed by atoms with Gasteiger partial charge in [0.25, 0.3) is 0 Å². The number of carbonyl (C=O) groups excluding carboxylic acids is 2. The molecule has 98 valence electrons. The maximum absolute atomic E-state index is 11.4. The van der Waals surface area contributed by atoms with E-state index in [9.17, 15) is 9.59 Å². The lowest BCUT2D eigenvalue weighted by atomic mass is 10.2. The summed E-state index contributed by atoms with van der Waals surface area (Å²) < 4.78 is 5.00. The van der Waals surface area contributed by atoms with E-state index in [0.29, 0.717) is 19.6 Å². The molecule has 6 heteroatoms. The number of rotatable bonds is 8. The fourth-order valence-electron chi connectivity index (χ4n) is 1.42. The van der Waals surface area contributed by atoms with Gasteiger partial charge >= 0.3 is 0 Å². The van der Waals surface area contributed by atoms with E-state index in [1.54, 1.807) is 0 Å². The van der Waals surface area contributed by atoms with Crippen LogP contribution in [0.3, 0.4) is 0 Å². The van der Waals surface area contributed by atoms with Crippen LogP contribution in [0, 0.1) is 5.92 Å². The second kappa shape index (κ2) is 7.24. The van der Waals surface area contributed by atoms with E-state index in [1.807, 2.05) is 0 Å². The summed E-state index contributed by atoms with van der Waals surface area (Å²) in [5, 5.41) is 5.48. The number of hydrogen-bond acceptors (Lipinski definition) is 4. The highest BCUT2D eigenvalue weighted by Gasteiger charge is 2.28. The number of amides is 2. The first-order chi connectivity index (χ1) is 8.17. The van der Waals surface area contributed by atoms with E-state index in [2.05, 4.69) is 10.6 Å². The summed E-state index contributed by atoms with van der Waals surface area (Å²) in [6.45, 7) is 1.24. The highest BCUT2D eigenvalue weighted by molar-refractivity contribution is 5.81. The van der Waals surface area contributed by atoms with Crippen molar-refractivity contribution >= 4 is 11.8 Å². The van der Waals surface area contributed by atoms with Crippen molar-refractivity contribution in [1.82, 2.24) is 10.6 Å². The van der Waals surface area contributed by atoms with Gasteiger partial charge in [0.15, 0.2) is 0 Å². The van der Waals surface area contributed by atoms with E-state index in [4.69, 9.17) is 10.5 Å². The van der Waals surface area contributed by atoms with Crippen LogP contribution in [-0.4, -0.2) is 44.7 Å². The summed E-state index contributed by atoms with van der Waals surface area (Å²) in [7, 11) is 1.53. The molecule has 0 aromatic rings. The van der Waals surface area contributed by atoms with Gasteiger partial charge in [-0.1, -0.05) is 0 Å². The van der Waals surface area contributed by atoms with Crippen molar-refractivity contribution in [2.45, 2.75) is 25.4 Å². The number of hydrogen-bond donors (Lipinski definition) is 3. The predicted octanol–water partition coefficient (Wildman–Crippen LogP) is -1.01. The molecule has 17 heavy (non-hydrogen) atoms. The SMILES string of the molecule is COC(CN)CC(=O)NCCNC(=O)C1CC1. The molecule has 0 aromatic carbocycles. The average molecular weight is 243 g/mol. The summed E-state index contributed by atoms with van der Waals surface area (Å²) in [4.78, 5) is 22.7. The number of nitrogens with one attached hydrogen (secondary N) is 2. The van der Waals surface area contributed by atoms with Gasteiger partial charge in [0, 0.05) is 32.7 Å². The van der Waals surface area contributed by atoms with Crippen LogP contribution < -0.4 is 16.4 Å². The van der Waals surface area contributed by atoms with Gasteiger partial charge in [-0.2, -0.15) is 0 Å². The van der Waals surface area contributed by atoms with Gasteiger partial charge in [-0.25, -0.2) is 0 Å². The minimum atomic E-state index is -0.240. The molecule has 0 saturated heterocycles. The Morgan fingerprint density at radius 1 is 1.35 bits per heavy atom. The van der Waals surface area contributed by atoms with Gasteiger partial charge < -0.3 is 21.1 Å². The van der Waals surface area contributed by atoms with Gasteiger partial charge in [-0.3, -0.25) is 9.59 Å². The van der Waals surface area contributed by atoms with Crippen molar-refractivity contribution in [3.8, 4) is 0 Å². The van der Waals surface area contributed by atoms with Gasteiger partial charge in [-0.05, 0) is 12.8 Å². The third-order valence-corrected chi connectivity index (χ3v) is 2.70. The smallest absolute Gasteiger partial charge is 0.223 e. The molecule has 1 rings (SSSR count). The Hall–Kier alpha value is -1.14. The van der Waals surface area contributed by atoms with Gasteiger partial charge in [0.1, 0.15) is 0 Å². The Morgan fingerprint density at radius 3 is 2.53 bits per heavy atom. The fraction of sp³-hybridized carbons (Fsp3) is 0.818. The molecule has 0 bridgehead atoms. The summed E-state index contributed by atoms with van der Waals surface area (Å²) in [5.74, 6) is 0.194. The molecular weight excluding hydrogens is 222 g/mol. The second-order valence-electron chi connectivity index (χ2n) is 4.21. The van der Waals surface area contributed by atoms with Crippen molar-refractivity contribution in [1.29, 1.82) is 0 Å². The van der Waals surface area contributed by atoms with E-state index in [-0.39, 0.29) is 30.3 Å². The molecule has 2 amide bonds. The van der Waals surface area contributed by atoms with Gasteiger partial charge in [-0.15, -0.1) is 0 Å². The van der Waals surface area contributed by atoms with Crippen LogP contribution in [0.4, 0.5) is 0 Å². The second-order valence-corrected chi connectivity index (χ2v) is 4.21. The maximum Gasteiger partial charge on any atom is 0.223 e. The van der Waals surface area contributed by atoms with Crippen LogP contribution in [0.2, 0.25) is 0 Å². The van der Waals surface area contributed by atoms with Crippen LogP contribution in [-0.2, 0) is 14.3 Å². The highest BCUT2D eigenvalue weighted by atomic mass is 16.5. The van der Waals surface area contributed by atoms with Crippen LogP contribution in [0.25, 0.3) is 0 Å². The number of ether oxygens (including phenoxy) is 1. The molecule has 0 radical (unpaired) electrons. The van der Waals surface area contributed by atoms with Gasteiger partial charge in [0.2, 0.25) is 11.8 Å². The molecule has 4 N–H and O–H groups in total. The van der Waals surface area contributed by atoms with Crippen molar-refractivity contribution in [3.05, 3.63) is 0 Å². The predicted molar refractivity (Wildman–Crippen MR) is 63.2 cm³/mol. The Morgan fingerprint density at radius 2 is 2.00 bits per heavy atom. The average Bonchev–Trinajstić information content (AvgIpc) is 3.15. The van der Waals surface area contributed by atoms with E-state index in [1.165, 1.54) is 7.11 Å². The molecule has 1 fully saturated rings. The Kier molecular flexibility index (Phi) is 5.93. The molecule has 0 aromatic heterocycles. The lowest BCUT2D eigenvalue weighted by molar-refractivity contribution is -0.124. The quantitative estimate of drug-likeness (QED) is 0.476. The first kappa shape index (κ1) is 13.9. The molecule has 0 heterocycles. The summed E-state index contributed by atoms with van der Waals surface area (Å²) in [5.41, 5.74) is 5.40. The molecule has 1 aliphatic carbocycles. The molecule has 1 saturated carbocycles. The third kappa shape index (κ3) is 5.65. The number of nitrogens with two attached hydrogens (primary N) is 1. The summed E-state index contributed by atoms with van der Waals surface area (Å²) in [6.07, 6.45) is 1.99. The van der Waals surface area contributed by atoms with E-state index < -0.39 is 0 Å². The van der Waals surface area contributed by atoms with Crippen molar-refractivity contribution in [2.75, 3.05) is 26.7 Å². The van der Waals surface area contributed by atoms with E-state index >= 15 is 0 Å². The highest BCUT2D eigenvalue weighted by Crippen LogP contribution is 2.28. The normalized spacial score (nSPS) is 16.4. The lowest BCUT2D eigenvalue weighted by Crippen LogP contribution is -2.37. The summed E-state index contributed by atoms with van der Waals surface area (Å²) >= 11 is 0. The minimum Gasteiger partial charge on any atom is -0.380 e.